The zero-order valence-electron chi connectivity index (χ0n) is 12.7. The molecular weight excluding hydrogens is 242 g/mol. The van der Waals surface area contributed by atoms with E-state index < -0.39 is 6.10 Å². The normalized spacial score (nSPS) is 22.9. The van der Waals surface area contributed by atoms with Gasteiger partial charge in [0.1, 0.15) is 0 Å². The van der Waals surface area contributed by atoms with E-state index >= 15 is 0 Å². The molecule has 0 aliphatic carbocycles. The van der Waals surface area contributed by atoms with Crippen LogP contribution in [0.2, 0.25) is 0 Å². The first-order valence-corrected chi connectivity index (χ1v) is 7.70. The molecule has 4 heteroatoms. The van der Waals surface area contributed by atoms with Gasteiger partial charge >= 0.3 is 0 Å². The van der Waals surface area contributed by atoms with Crippen molar-refractivity contribution in [2.75, 3.05) is 26.3 Å². The van der Waals surface area contributed by atoms with Gasteiger partial charge in [-0.25, -0.2) is 0 Å². The van der Waals surface area contributed by atoms with Gasteiger partial charge in [0, 0.05) is 13.2 Å². The second kappa shape index (κ2) is 9.70. The van der Waals surface area contributed by atoms with E-state index in [9.17, 15) is 5.11 Å². The second-order valence-electron chi connectivity index (χ2n) is 6.06. The maximum atomic E-state index is 9.81. The van der Waals surface area contributed by atoms with Gasteiger partial charge in [-0.15, -0.1) is 0 Å². The molecule has 1 saturated heterocycles. The first-order chi connectivity index (χ1) is 9.08. The molecule has 2 N–H and O–H groups in total. The first kappa shape index (κ1) is 16.9. The van der Waals surface area contributed by atoms with Crippen molar-refractivity contribution in [2.45, 2.75) is 64.8 Å². The molecule has 0 bridgehead atoms. The first-order valence-electron chi connectivity index (χ1n) is 7.70. The minimum Gasteiger partial charge on any atom is -0.389 e. The van der Waals surface area contributed by atoms with Crippen molar-refractivity contribution in [1.82, 2.24) is 5.32 Å². The summed E-state index contributed by atoms with van der Waals surface area (Å²) in [5, 5.41) is 13.1. The summed E-state index contributed by atoms with van der Waals surface area (Å²) in [4.78, 5) is 0. The van der Waals surface area contributed by atoms with Crippen LogP contribution in [0.3, 0.4) is 0 Å². The third kappa shape index (κ3) is 8.58. The minimum atomic E-state index is -0.417. The number of ether oxygens (including phenoxy) is 2. The maximum Gasteiger partial charge on any atom is 0.0897 e. The third-order valence-electron chi connectivity index (χ3n) is 3.42. The van der Waals surface area contributed by atoms with E-state index in [1.54, 1.807) is 0 Å². The highest BCUT2D eigenvalue weighted by atomic mass is 16.5. The van der Waals surface area contributed by atoms with E-state index in [4.69, 9.17) is 9.47 Å². The highest BCUT2D eigenvalue weighted by molar-refractivity contribution is 4.67. The quantitative estimate of drug-likeness (QED) is 0.597. The van der Waals surface area contributed by atoms with Crippen LogP contribution in [-0.4, -0.2) is 49.7 Å². The molecular formula is C15H31NO3. The third-order valence-corrected chi connectivity index (χ3v) is 3.42. The lowest BCUT2D eigenvalue weighted by Gasteiger charge is -2.18. The van der Waals surface area contributed by atoms with Gasteiger partial charge in [-0.05, 0) is 45.1 Å². The van der Waals surface area contributed by atoms with Gasteiger partial charge in [0.25, 0.3) is 0 Å². The van der Waals surface area contributed by atoms with Crippen LogP contribution in [0.15, 0.2) is 0 Å². The van der Waals surface area contributed by atoms with Crippen LogP contribution < -0.4 is 5.32 Å². The summed E-state index contributed by atoms with van der Waals surface area (Å²) in [6.45, 7) is 9.27. The van der Waals surface area contributed by atoms with Crippen molar-refractivity contribution in [3.8, 4) is 0 Å². The van der Waals surface area contributed by atoms with E-state index in [0.717, 1.165) is 26.0 Å². The predicted octanol–water partition coefficient (Wildman–Crippen LogP) is 1.96. The Bertz CT molecular complexity index is 217. The molecule has 1 aliphatic rings. The molecule has 4 nitrogen and oxygen atoms in total. The molecule has 114 valence electrons. The summed E-state index contributed by atoms with van der Waals surface area (Å²) < 4.78 is 11.2. The molecule has 0 spiro atoms. The average Bonchev–Trinajstić information content (AvgIpc) is 2.84. The van der Waals surface area contributed by atoms with E-state index in [1.165, 1.54) is 12.8 Å². The highest BCUT2D eigenvalue weighted by Gasteiger charge is 2.15. The van der Waals surface area contributed by atoms with E-state index in [-0.39, 0.29) is 6.10 Å². The average molecular weight is 273 g/mol. The zero-order chi connectivity index (χ0) is 14.1. The van der Waals surface area contributed by atoms with Crippen LogP contribution in [0.5, 0.6) is 0 Å². The number of aliphatic hydroxyl groups excluding tert-OH is 1. The Hall–Kier alpha value is -0.160. The van der Waals surface area contributed by atoms with Crippen LogP contribution in [0.4, 0.5) is 0 Å². The summed E-state index contributed by atoms with van der Waals surface area (Å²) in [6, 6.07) is 0. The molecule has 0 radical (unpaired) electrons. The zero-order valence-corrected chi connectivity index (χ0v) is 12.7. The lowest BCUT2D eigenvalue weighted by molar-refractivity contribution is -0.00870. The Balaban J connectivity index is 1.93. The fraction of sp³-hybridized carbons (Fsp3) is 1.00. The molecule has 0 aromatic carbocycles. The monoisotopic (exact) mass is 273 g/mol. The van der Waals surface area contributed by atoms with Crippen molar-refractivity contribution < 1.29 is 14.6 Å². The molecule has 0 amide bonds. The van der Waals surface area contributed by atoms with Crippen molar-refractivity contribution in [3.05, 3.63) is 0 Å². The number of hydrogen-bond donors (Lipinski definition) is 2. The van der Waals surface area contributed by atoms with E-state index in [1.807, 2.05) is 0 Å². The molecule has 0 saturated carbocycles. The molecule has 19 heavy (non-hydrogen) atoms. The van der Waals surface area contributed by atoms with E-state index in [0.29, 0.717) is 25.2 Å². The Morgan fingerprint density at radius 1 is 1.37 bits per heavy atom. The molecule has 1 aliphatic heterocycles. The van der Waals surface area contributed by atoms with Gasteiger partial charge in [0.2, 0.25) is 0 Å². The number of rotatable bonds is 10. The summed E-state index contributed by atoms with van der Waals surface area (Å²) >= 11 is 0. The summed E-state index contributed by atoms with van der Waals surface area (Å²) in [5.41, 5.74) is 0. The maximum absolute atomic E-state index is 9.81. The predicted molar refractivity (Wildman–Crippen MR) is 77.3 cm³/mol. The molecule has 3 unspecified atom stereocenters. The lowest BCUT2D eigenvalue weighted by atomic mass is 10.1. The van der Waals surface area contributed by atoms with Crippen molar-refractivity contribution in [1.29, 1.82) is 0 Å². The van der Waals surface area contributed by atoms with Crippen LogP contribution >= 0.6 is 0 Å². The highest BCUT2D eigenvalue weighted by Crippen LogP contribution is 2.14. The molecule has 1 fully saturated rings. The molecule has 0 aromatic rings. The second-order valence-corrected chi connectivity index (χ2v) is 6.06. The number of aliphatic hydroxyl groups is 1. The Morgan fingerprint density at radius 3 is 2.79 bits per heavy atom. The molecule has 3 atom stereocenters. The van der Waals surface area contributed by atoms with E-state index in [2.05, 4.69) is 26.1 Å². The summed E-state index contributed by atoms with van der Waals surface area (Å²) in [5.74, 6) is 0.636. The van der Waals surface area contributed by atoms with Gasteiger partial charge in [-0.1, -0.05) is 13.8 Å². The Labute approximate surface area is 117 Å². The molecule has 0 aromatic heterocycles. The lowest BCUT2D eigenvalue weighted by Crippen LogP contribution is -2.33. The largest absolute Gasteiger partial charge is 0.389 e. The number of nitrogens with one attached hydrogen (secondary N) is 1. The van der Waals surface area contributed by atoms with Crippen LogP contribution in [-0.2, 0) is 9.47 Å². The molecule has 1 rings (SSSR count). The fourth-order valence-corrected chi connectivity index (χ4v) is 2.47. The van der Waals surface area contributed by atoms with Crippen molar-refractivity contribution in [2.24, 2.45) is 5.92 Å². The minimum absolute atomic E-state index is 0.224. The van der Waals surface area contributed by atoms with Gasteiger partial charge in [-0.3, -0.25) is 0 Å². The number of hydrogen-bond acceptors (Lipinski definition) is 4. The van der Waals surface area contributed by atoms with Crippen LogP contribution in [0, 0.1) is 5.92 Å². The van der Waals surface area contributed by atoms with Gasteiger partial charge < -0.3 is 19.9 Å². The molecule has 1 heterocycles. The van der Waals surface area contributed by atoms with Crippen molar-refractivity contribution in [3.63, 3.8) is 0 Å². The summed E-state index contributed by atoms with van der Waals surface area (Å²) in [7, 11) is 0. The SMILES string of the molecule is CC(C)CC(C)OCC(O)CNCCC1CCCO1. The Kier molecular flexibility index (Phi) is 8.62. The fourth-order valence-electron chi connectivity index (χ4n) is 2.47. The van der Waals surface area contributed by atoms with Crippen LogP contribution in [0.25, 0.3) is 0 Å². The van der Waals surface area contributed by atoms with Crippen LogP contribution in [0.1, 0.15) is 46.5 Å². The van der Waals surface area contributed by atoms with Gasteiger partial charge in [0.15, 0.2) is 0 Å². The smallest absolute Gasteiger partial charge is 0.0897 e. The van der Waals surface area contributed by atoms with Gasteiger partial charge in [-0.2, -0.15) is 0 Å². The van der Waals surface area contributed by atoms with Gasteiger partial charge in [0.05, 0.1) is 24.9 Å². The summed E-state index contributed by atoms with van der Waals surface area (Å²) in [6.07, 6.45) is 4.68. The van der Waals surface area contributed by atoms with Crippen molar-refractivity contribution >= 4 is 0 Å². The topological polar surface area (TPSA) is 50.7 Å². The Morgan fingerprint density at radius 2 is 2.16 bits per heavy atom. The standard InChI is InChI=1S/C15H31NO3/c1-12(2)9-13(3)19-11-14(17)10-16-7-6-15-5-4-8-18-15/h12-17H,4-11H2,1-3H3.